The van der Waals surface area contributed by atoms with E-state index >= 15 is 0 Å². The Balaban J connectivity index is 1.31. The number of para-hydroxylation sites is 1. The van der Waals surface area contributed by atoms with Crippen molar-refractivity contribution < 1.29 is 0 Å². The average Bonchev–Trinajstić information content (AvgIpc) is 3.59. The van der Waals surface area contributed by atoms with Crippen LogP contribution in [-0.2, 0) is 18.6 Å². The third-order valence-electron chi connectivity index (χ3n) is 8.84. The highest BCUT2D eigenvalue weighted by Crippen LogP contribution is 2.43. The third-order valence-corrected chi connectivity index (χ3v) is 12.4. The maximum atomic E-state index is 14.5. The van der Waals surface area contributed by atoms with Crippen molar-refractivity contribution >= 4 is 66.5 Å². The van der Waals surface area contributed by atoms with Crippen LogP contribution in [0.5, 0.6) is 0 Å². The third kappa shape index (κ3) is 5.58. The van der Waals surface area contributed by atoms with Crippen LogP contribution in [0.15, 0.2) is 63.3 Å². The summed E-state index contributed by atoms with van der Waals surface area (Å²) in [6.07, 6.45) is 2.96. The van der Waals surface area contributed by atoms with E-state index in [-0.39, 0.29) is 16.5 Å². The molecule has 0 amide bonds. The summed E-state index contributed by atoms with van der Waals surface area (Å²) >= 11 is 10.6. The summed E-state index contributed by atoms with van der Waals surface area (Å²) in [7, 11) is 0. The normalized spacial score (nSPS) is 15.2. The lowest BCUT2D eigenvalue weighted by molar-refractivity contribution is 0.218. The van der Waals surface area contributed by atoms with Gasteiger partial charge in [0.1, 0.15) is 15.4 Å². The Bertz CT molecular complexity index is 2200. The van der Waals surface area contributed by atoms with Crippen LogP contribution in [-0.4, -0.2) is 19.5 Å². The largest absolute Gasteiger partial charge is 0.309 e. The van der Waals surface area contributed by atoms with E-state index in [9.17, 15) is 9.59 Å². The molecular weight excluding hydrogens is 640 g/mol. The van der Waals surface area contributed by atoms with Crippen LogP contribution < -0.4 is 11.1 Å². The van der Waals surface area contributed by atoms with Crippen molar-refractivity contribution in [2.75, 3.05) is 0 Å². The molecule has 45 heavy (non-hydrogen) atoms. The highest BCUT2D eigenvalue weighted by molar-refractivity contribution is 7.98. The van der Waals surface area contributed by atoms with E-state index in [4.69, 9.17) is 21.6 Å². The van der Waals surface area contributed by atoms with E-state index in [1.54, 1.807) is 15.9 Å². The highest BCUT2D eigenvalue weighted by Gasteiger charge is 2.32. The molecule has 0 bridgehead atoms. The standard InChI is InChI=1S/C35H33ClN4O2S3/c1-18-7-6-8-19(2)29(18)40-33(42)28-23-14-11-21(35(3,4)5)15-26(23)45-32(28)39-34(40)43-17-27-37-24-16-25(44-30(24)31(41)38-27)20-9-12-22(36)13-10-20/h6-10,12-13,16,21H,11,14-15,17H2,1-5H3,(H,37,38,41). The lowest BCUT2D eigenvalue weighted by Crippen LogP contribution is -2.27. The zero-order valence-corrected chi connectivity index (χ0v) is 29.0. The number of fused-ring (bicyclic) bond motifs is 4. The summed E-state index contributed by atoms with van der Waals surface area (Å²) in [5.74, 6) is 1.47. The maximum absolute atomic E-state index is 14.5. The highest BCUT2D eigenvalue weighted by atomic mass is 35.5. The Morgan fingerprint density at radius 1 is 1.04 bits per heavy atom. The number of benzene rings is 2. The van der Waals surface area contributed by atoms with Gasteiger partial charge >= 0.3 is 0 Å². The number of thioether (sulfide) groups is 1. The van der Waals surface area contributed by atoms with Gasteiger partial charge in [0, 0.05) is 14.8 Å². The Hall–Kier alpha value is -3.24. The number of H-pyrrole nitrogens is 1. The monoisotopic (exact) mass is 672 g/mol. The van der Waals surface area contributed by atoms with Crippen molar-refractivity contribution in [2.45, 2.75) is 64.8 Å². The summed E-state index contributed by atoms with van der Waals surface area (Å²) in [5, 5.41) is 2.03. The van der Waals surface area contributed by atoms with Crippen LogP contribution in [0.4, 0.5) is 0 Å². The summed E-state index contributed by atoms with van der Waals surface area (Å²) in [6, 6.07) is 15.6. The number of nitrogens with one attached hydrogen (secondary N) is 1. The van der Waals surface area contributed by atoms with Gasteiger partial charge < -0.3 is 4.98 Å². The first-order valence-electron chi connectivity index (χ1n) is 15.0. The predicted molar refractivity (Wildman–Crippen MR) is 190 cm³/mol. The van der Waals surface area contributed by atoms with Gasteiger partial charge in [-0.2, -0.15) is 0 Å². The predicted octanol–water partition coefficient (Wildman–Crippen LogP) is 9.13. The Kier molecular flexibility index (Phi) is 7.79. The number of halogens is 1. The van der Waals surface area contributed by atoms with Gasteiger partial charge in [-0.25, -0.2) is 9.97 Å². The number of aryl methyl sites for hydroxylation is 3. The minimum Gasteiger partial charge on any atom is -0.309 e. The lowest BCUT2D eigenvalue weighted by Gasteiger charge is -2.33. The number of aromatic nitrogens is 4. The first-order valence-corrected chi connectivity index (χ1v) is 18.0. The molecule has 230 valence electrons. The number of rotatable bonds is 5. The van der Waals surface area contributed by atoms with Gasteiger partial charge in [-0.15, -0.1) is 22.7 Å². The van der Waals surface area contributed by atoms with Crippen LogP contribution in [0.25, 0.3) is 36.6 Å². The van der Waals surface area contributed by atoms with Gasteiger partial charge in [0.05, 0.1) is 22.3 Å². The van der Waals surface area contributed by atoms with Crippen molar-refractivity contribution in [2.24, 2.45) is 11.3 Å². The van der Waals surface area contributed by atoms with E-state index in [1.165, 1.54) is 33.5 Å². The van der Waals surface area contributed by atoms with Crippen LogP contribution in [0.2, 0.25) is 5.02 Å². The molecule has 4 aromatic heterocycles. The maximum Gasteiger partial charge on any atom is 0.268 e. The SMILES string of the molecule is Cc1cccc(C)c1-n1c(SCc2nc3cc(-c4ccc(Cl)cc4)sc3c(=O)[nH]2)nc2sc3c(c2c1=O)CCC(C(C)(C)C)C3. The van der Waals surface area contributed by atoms with E-state index < -0.39 is 0 Å². The first-order chi connectivity index (χ1) is 21.5. The first kappa shape index (κ1) is 30.4. The van der Waals surface area contributed by atoms with E-state index in [2.05, 4.69) is 25.8 Å². The molecule has 6 aromatic rings. The molecule has 1 aliphatic rings. The van der Waals surface area contributed by atoms with Gasteiger partial charge in [0.25, 0.3) is 11.1 Å². The lowest BCUT2D eigenvalue weighted by atomic mass is 9.72. The smallest absolute Gasteiger partial charge is 0.268 e. The van der Waals surface area contributed by atoms with Crippen LogP contribution in [0.1, 0.15) is 54.6 Å². The van der Waals surface area contributed by atoms with Crippen molar-refractivity contribution in [3.63, 3.8) is 0 Å². The minimum atomic E-state index is -0.171. The molecule has 1 N–H and O–H groups in total. The molecule has 4 heterocycles. The fourth-order valence-electron chi connectivity index (χ4n) is 6.34. The van der Waals surface area contributed by atoms with Crippen molar-refractivity contribution in [3.05, 3.63) is 102 Å². The Morgan fingerprint density at radius 3 is 2.49 bits per heavy atom. The number of nitrogens with zero attached hydrogens (tertiary/aromatic N) is 3. The van der Waals surface area contributed by atoms with Gasteiger partial charge in [-0.1, -0.05) is 74.5 Å². The topological polar surface area (TPSA) is 80.6 Å². The molecule has 6 nitrogen and oxygen atoms in total. The quantitative estimate of drug-likeness (QED) is 0.146. The van der Waals surface area contributed by atoms with E-state index in [0.29, 0.717) is 37.9 Å². The van der Waals surface area contributed by atoms with Gasteiger partial charge in [-0.3, -0.25) is 14.2 Å². The van der Waals surface area contributed by atoms with Crippen molar-refractivity contribution in [1.29, 1.82) is 0 Å². The molecule has 0 radical (unpaired) electrons. The molecule has 1 aliphatic carbocycles. The molecule has 1 unspecified atom stereocenters. The zero-order chi connectivity index (χ0) is 31.6. The van der Waals surface area contributed by atoms with E-state index in [0.717, 1.165) is 56.7 Å². The van der Waals surface area contributed by atoms with E-state index in [1.807, 2.05) is 62.4 Å². The van der Waals surface area contributed by atoms with Gasteiger partial charge in [0.15, 0.2) is 5.16 Å². The molecular formula is C35H33ClN4O2S3. The molecule has 0 fully saturated rings. The second-order valence-corrected chi connectivity index (χ2v) is 16.4. The van der Waals surface area contributed by atoms with Crippen molar-refractivity contribution in [3.8, 4) is 16.1 Å². The summed E-state index contributed by atoms with van der Waals surface area (Å²) < 4.78 is 2.37. The van der Waals surface area contributed by atoms with Crippen LogP contribution >= 0.6 is 46.0 Å². The fraction of sp³-hybridized carbons (Fsp3) is 0.314. The molecule has 0 saturated heterocycles. The van der Waals surface area contributed by atoms with Crippen molar-refractivity contribution in [1.82, 2.24) is 19.5 Å². The van der Waals surface area contributed by atoms with Gasteiger partial charge in [-0.05, 0) is 84.9 Å². The second kappa shape index (κ2) is 11.5. The molecule has 1 atom stereocenters. The number of aromatic amines is 1. The molecule has 2 aromatic carbocycles. The number of hydrogen-bond acceptors (Lipinski definition) is 7. The zero-order valence-electron chi connectivity index (χ0n) is 25.8. The minimum absolute atomic E-state index is 0.0195. The van der Waals surface area contributed by atoms with Crippen LogP contribution in [0.3, 0.4) is 0 Å². The molecule has 0 saturated carbocycles. The van der Waals surface area contributed by atoms with Crippen LogP contribution in [0, 0.1) is 25.2 Å². The molecule has 0 spiro atoms. The average molecular weight is 673 g/mol. The Morgan fingerprint density at radius 2 is 1.78 bits per heavy atom. The number of thiophene rings is 2. The summed E-state index contributed by atoms with van der Waals surface area (Å²) in [5.41, 5.74) is 5.73. The fourth-order valence-corrected chi connectivity index (χ4v) is 9.68. The second-order valence-electron chi connectivity index (χ2n) is 12.9. The molecule has 10 heteroatoms. The molecule has 7 rings (SSSR count). The Labute approximate surface area is 278 Å². The van der Waals surface area contributed by atoms with Gasteiger partial charge in [0.2, 0.25) is 0 Å². The molecule has 0 aliphatic heterocycles. The summed E-state index contributed by atoms with van der Waals surface area (Å²) in [6.45, 7) is 11.0. The summed E-state index contributed by atoms with van der Waals surface area (Å²) in [4.78, 5) is 43.6. The number of hydrogen-bond donors (Lipinski definition) is 1.